The number of nitrogens with zero attached hydrogens (tertiary/aromatic N) is 1. The highest BCUT2D eigenvalue weighted by Gasteiger charge is 2.38. The highest BCUT2D eigenvalue weighted by Crippen LogP contribution is 2.32. The summed E-state index contributed by atoms with van der Waals surface area (Å²) in [5.74, 6) is -5.90. The summed E-state index contributed by atoms with van der Waals surface area (Å²) in [6.45, 7) is 0. The van der Waals surface area contributed by atoms with Crippen LogP contribution in [0.2, 0.25) is 0 Å². The van der Waals surface area contributed by atoms with E-state index >= 15 is 0 Å². The average Bonchev–Trinajstić information content (AvgIpc) is 1.99. The minimum absolute atomic E-state index is 0.174. The van der Waals surface area contributed by atoms with Gasteiger partial charge in [-0.1, -0.05) is 0 Å². The fourth-order valence-electron chi connectivity index (χ4n) is 0.911. The van der Waals surface area contributed by atoms with Gasteiger partial charge in [-0.15, -0.1) is 0 Å². The van der Waals surface area contributed by atoms with Crippen molar-refractivity contribution in [3.05, 3.63) is 29.1 Å². The number of carbonyl (C=O) groups is 1. The van der Waals surface area contributed by atoms with Gasteiger partial charge in [-0.25, -0.2) is 4.79 Å². The molecule has 1 heterocycles. The third kappa shape index (κ3) is 2.20. The van der Waals surface area contributed by atoms with E-state index in [4.69, 9.17) is 5.11 Å². The third-order valence-electron chi connectivity index (χ3n) is 1.46. The van der Waals surface area contributed by atoms with E-state index in [-0.39, 0.29) is 6.07 Å². The lowest BCUT2D eigenvalue weighted by Gasteiger charge is -2.09. The molecule has 82 valence electrons. The van der Waals surface area contributed by atoms with E-state index in [1.165, 1.54) is 0 Å². The monoisotopic (exact) mass is 227 g/mol. The molecule has 0 bridgehead atoms. The maximum atomic E-state index is 12.7. The zero-order valence-electron chi connectivity index (χ0n) is 6.77. The first-order valence-electron chi connectivity index (χ1n) is 3.40. The highest BCUT2D eigenvalue weighted by molar-refractivity contribution is 5.89. The van der Waals surface area contributed by atoms with Crippen LogP contribution in [0.4, 0.5) is 22.0 Å². The molecule has 3 nitrogen and oxygen atoms in total. The molecule has 0 saturated carbocycles. The summed E-state index contributed by atoms with van der Waals surface area (Å²) in [6.07, 6.45) is -5.15. The SMILES string of the molecule is O=C(O)c1c(C(F)(F)F)cc(F)nc1F. The third-order valence-corrected chi connectivity index (χ3v) is 1.46. The summed E-state index contributed by atoms with van der Waals surface area (Å²) in [5.41, 5.74) is -3.59. The molecule has 0 amide bonds. The number of hydrogen-bond donors (Lipinski definition) is 1. The van der Waals surface area contributed by atoms with Crippen LogP contribution in [-0.4, -0.2) is 16.1 Å². The van der Waals surface area contributed by atoms with E-state index in [1.54, 1.807) is 0 Å². The molecule has 15 heavy (non-hydrogen) atoms. The molecule has 1 aromatic rings. The van der Waals surface area contributed by atoms with E-state index in [1.807, 2.05) is 0 Å². The van der Waals surface area contributed by atoms with Gasteiger partial charge in [0.25, 0.3) is 0 Å². The molecule has 0 saturated heterocycles. The van der Waals surface area contributed by atoms with Gasteiger partial charge in [-0.2, -0.15) is 26.9 Å². The second-order valence-electron chi connectivity index (χ2n) is 2.46. The van der Waals surface area contributed by atoms with Gasteiger partial charge >= 0.3 is 12.1 Å². The number of aromatic carboxylic acids is 1. The Bertz CT molecular complexity index is 415. The van der Waals surface area contributed by atoms with Gasteiger partial charge in [-0.05, 0) is 0 Å². The fourth-order valence-corrected chi connectivity index (χ4v) is 0.911. The number of rotatable bonds is 1. The van der Waals surface area contributed by atoms with Crippen LogP contribution >= 0.6 is 0 Å². The van der Waals surface area contributed by atoms with Crippen LogP contribution < -0.4 is 0 Å². The maximum Gasteiger partial charge on any atom is 0.417 e. The quantitative estimate of drug-likeness (QED) is 0.590. The summed E-state index contributed by atoms with van der Waals surface area (Å²) in [5, 5.41) is 8.30. The molecule has 8 heteroatoms. The number of hydrogen-bond acceptors (Lipinski definition) is 2. The van der Waals surface area contributed by atoms with Crippen molar-refractivity contribution in [2.24, 2.45) is 0 Å². The number of aromatic nitrogens is 1. The van der Waals surface area contributed by atoms with Gasteiger partial charge in [0.15, 0.2) is 0 Å². The summed E-state index contributed by atoms with van der Waals surface area (Å²) >= 11 is 0. The first-order valence-corrected chi connectivity index (χ1v) is 3.40. The van der Waals surface area contributed by atoms with Crippen LogP contribution in [0.5, 0.6) is 0 Å². The molecule has 0 atom stereocenters. The second-order valence-corrected chi connectivity index (χ2v) is 2.46. The van der Waals surface area contributed by atoms with Gasteiger partial charge in [0.05, 0.1) is 5.56 Å². The molecule has 0 spiro atoms. The van der Waals surface area contributed by atoms with Crippen LogP contribution in [0, 0.1) is 11.9 Å². The first-order chi connectivity index (χ1) is 6.73. The van der Waals surface area contributed by atoms with E-state index in [0.717, 1.165) is 0 Å². The standard InChI is InChI=1S/C7H2F5NO2/c8-3-1-2(7(10,11)12)4(6(14)15)5(9)13-3/h1H,(H,14,15). The largest absolute Gasteiger partial charge is 0.478 e. The molecule has 0 radical (unpaired) electrons. The number of alkyl halides is 3. The van der Waals surface area contributed by atoms with Crippen LogP contribution in [-0.2, 0) is 6.18 Å². The Morgan fingerprint density at radius 2 is 1.87 bits per heavy atom. The van der Waals surface area contributed by atoms with Crippen molar-refractivity contribution in [2.45, 2.75) is 6.18 Å². The minimum atomic E-state index is -5.15. The molecule has 0 aliphatic heterocycles. The highest BCUT2D eigenvalue weighted by atomic mass is 19.4. The number of halogens is 5. The molecule has 1 rings (SSSR count). The Morgan fingerprint density at radius 1 is 1.33 bits per heavy atom. The van der Waals surface area contributed by atoms with Crippen LogP contribution in [0.15, 0.2) is 6.07 Å². The molecule has 0 unspecified atom stereocenters. The Labute approximate surface area is 79.2 Å². The Kier molecular flexibility index (Phi) is 2.61. The van der Waals surface area contributed by atoms with Crippen molar-refractivity contribution in [3.63, 3.8) is 0 Å². The van der Waals surface area contributed by atoms with Crippen molar-refractivity contribution in [2.75, 3.05) is 0 Å². The van der Waals surface area contributed by atoms with Gasteiger partial charge in [0.1, 0.15) is 5.56 Å². The van der Waals surface area contributed by atoms with Crippen LogP contribution in [0.25, 0.3) is 0 Å². The van der Waals surface area contributed by atoms with Crippen molar-refractivity contribution in [3.8, 4) is 0 Å². The topological polar surface area (TPSA) is 50.2 Å². The van der Waals surface area contributed by atoms with Gasteiger partial charge in [-0.3, -0.25) is 0 Å². The minimum Gasteiger partial charge on any atom is -0.478 e. The molecule has 0 aliphatic rings. The average molecular weight is 227 g/mol. The van der Waals surface area contributed by atoms with Gasteiger partial charge in [0.2, 0.25) is 11.9 Å². The summed E-state index contributed by atoms with van der Waals surface area (Å²) in [6, 6.07) is -0.174. The molecular weight excluding hydrogens is 225 g/mol. The molecule has 1 N–H and O–H groups in total. The maximum absolute atomic E-state index is 12.7. The van der Waals surface area contributed by atoms with Crippen molar-refractivity contribution in [1.29, 1.82) is 0 Å². The Morgan fingerprint density at radius 3 is 2.27 bits per heavy atom. The lowest BCUT2D eigenvalue weighted by Crippen LogP contribution is -2.17. The first kappa shape index (κ1) is 11.3. The zero-order valence-corrected chi connectivity index (χ0v) is 6.77. The zero-order chi connectivity index (χ0) is 11.8. The predicted octanol–water partition coefficient (Wildman–Crippen LogP) is 2.08. The van der Waals surface area contributed by atoms with Gasteiger partial charge < -0.3 is 5.11 Å². The van der Waals surface area contributed by atoms with E-state index in [9.17, 15) is 26.7 Å². The summed E-state index contributed by atoms with van der Waals surface area (Å²) < 4.78 is 61.5. The number of pyridine rings is 1. The van der Waals surface area contributed by atoms with E-state index in [2.05, 4.69) is 4.98 Å². The summed E-state index contributed by atoms with van der Waals surface area (Å²) in [4.78, 5) is 12.7. The van der Waals surface area contributed by atoms with Crippen LogP contribution in [0.1, 0.15) is 15.9 Å². The normalized spacial score (nSPS) is 11.5. The molecule has 1 aromatic heterocycles. The Balaban J connectivity index is 3.54. The van der Waals surface area contributed by atoms with Crippen molar-refractivity contribution in [1.82, 2.24) is 4.98 Å². The molecule has 0 fully saturated rings. The van der Waals surface area contributed by atoms with Crippen molar-refractivity contribution >= 4 is 5.97 Å². The molecule has 0 aliphatic carbocycles. The summed E-state index contributed by atoms with van der Waals surface area (Å²) in [7, 11) is 0. The predicted molar refractivity (Wildman–Crippen MR) is 36.1 cm³/mol. The lowest BCUT2D eigenvalue weighted by molar-refractivity contribution is -0.138. The van der Waals surface area contributed by atoms with E-state index in [0.29, 0.717) is 0 Å². The van der Waals surface area contributed by atoms with Crippen molar-refractivity contribution < 1.29 is 31.9 Å². The van der Waals surface area contributed by atoms with E-state index < -0.39 is 35.2 Å². The molecular formula is C7H2F5NO2. The number of carboxylic acids is 1. The number of carboxylic acid groups (broad SMARTS) is 1. The second kappa shape index (κ2) is 3.44. The molecule has 0 aromatic carbocycles. The smallest absolute Gasteiger partial charge is 0.417 e. The fraction of sp³-hybridized carbons (Fsp3) is 0.143. The lowest BCUT2D eigenvalue weighted by atomic mass is 10.1. The van der Waals surface area contributed by atoms with Gasteiger partial charge in [0, 0.05) is 6.07 Å². The van der Waals surface area contributed by atoms with Crippen LogP contribution in [0.3, 0.4) is 0 Å². The Hall–Kier alpha value is -1.73.